The summed E-state index contributed by atoms with van der Waals surface area (Å²) in [6.07, 6.45) is 7.14. The lowest BCUT2D eigenvalue weighted by atomic mass is 9.94. The van der Waals surface area contributed by atoms with Crippen LogP contribution in [0.2, 0.25) is 0 Å². The van der Waals surface area contributed by atoms with Crippen LogP contribution in [0, 0.1) is 24.1 Å². The molecule has 0 spiro atoms. The number of carbonyl (C=O) groups is 1. The van der Waals surface area contributed by atoms with Crippen molar-refractivity contribution >= 4 is 51.8 Å². The van der Waals surface area contributed by atoms with Gasteiger partial charge in [0, 0.05) is 50.0 Å². The fraction of sp³-hybridized carbons (Fsp3) is 0.448. The van der Waals surface area contributed by atoms with Gasteiger partial charge in [0.1, 0.15) is 27.6 Å². The lowest BCUT2D eigenvalue weighted by molar-refractivity contribution is -0.124. The molecule has 10 heteroatoms. The molecule has 7 nitrogen and oxygen atoms in total. The first kappa shape index (κ1) is 27.4. The van der Waals surface area contributed by atoms with Crippen LogP contribution in [0.25, 0.3) is 6.08 Å². The zero-order valence-corrected chi connectivity index (χ0v) is 23.9. The molecule has 0 atom stereocenters. The molecule has 2 aromatic rings. The number of hydrogen-bond donors (Lipinski definition) is 0. The van der Waals surface area contributed by atoms with Crippen molar-refractivity contribution < 1.29 is 9.18 Å². The fourth-order valence-corrected chi connectivity index (χ4v) is 7.25. The van der Waals surface area contributed by atoms with Crippen molar-refractivity contribution in [1.29, 1.82) is 5.26 Å². The predicted octanol–water partition coefficient (Wildman–Crippen LogP) is 5.05. The minimum atomic E-state index is -0.319. The zero-order chi connectivity index (χ0) is 27.7. The van der Waals surface area contributed by atoms with Crippen molar-refractivity contribution in [2.24, 2.45) is 0 Å². The van der Waals surface area contributed by atoms with Gasteiger partial charge in [-0.25, -0.2) is 4.39 Å². The first-order valence-electron chi connectivity index (χ1n) is 13.5. The van der Waals surface area contributed by atoms with Crippen molar-refractivity contribution in [1.82, 2.24) is 9.47 Å². The highest BCUT2D eigenvalue weighted by molar-refractivity contribution is 8.26. The molecule has 1 aromatic heterocycles. The molecule has 0 unspecified atom stereocenters. The lowest BCUT2D eigenvalue weighted by Gasteiger charge is -2.39. The number of rotatable bonds is 5. The van der Waals surface area contributed by atoms with Crippen LogP contribution in [0.4, 0.5) is 15.9 Å². The van der Waals surface area contributed by atoms with Gasteiger partial charge in [0.05, 0.1) is 4.91 Å². The number of nitriles is 1. The van der Waals surface area contributed by atoms with Gasteiger partial charge in [0.15, 0.2) is 0 Å². The molecule has 39 heavy (non-hydrogen) atoms. The van der Waals surface area contributed by atoms with Crippen LogP contribution < -0.4 is 15.4 Å². The average molecular weight is 566 g/mol. The third-order valence-electron chi connectivity index (χ3n) is 7.97. The largest absolute Gasteiger partial charge is 0.368 e. The SMILES string of the molecule is CCn1c(N2CCN(c3ccc(F)cc3)CC2)c(/C=C2\SC(=S)N(C3CCCCC3)C2=O)c(C)c(C#N)c1=O. The maximum atomic E-state index is 13.6. The van der Waals surface area contributed by atoms with Crippen molar-refractivity contribution in [2.75, 3.05) is 36.0 Å². The number of nitrogens with zero attached hydrogens (tertiary/aromatic N) is 5. The van der Waals surface area contributed by atoms with E-state index < -0.39 is 0 Å². The van der Waals surface area contributed by atoms with Gasteiger partial charge in [-0.3, -0.25) is 19.1 Å². The molecule has 1 amide bonds. The quantitative estimate of drug-likeness (QED) is 0.371. The van der Waals surface area contributed by atoms with Gasteiger partial charge in [0.2, 0.25) is 0 Å². The van der Waals surface area contributed by atoms with Gasteiger partial charge in [-0.15, -0.1) is 0 Å². The number of thiocarbonyl (C=S) groups is 1. The summed E-state index contributed by atoms with van der Waals surface area (Å²) in [6, 6.07) is 8.71. The van der Waals surface area contributed by atoms with Crippen molar-refractivity contribution in [2.45, 2.75) is 58.5 Å². The minimum Gasteiger partial charge on any atom is -0.368 e. The third kappa shape index (κ3) is 5.22. The number of piperazine rings is 1. The summed E-state index contributed by atoms with van der Waals surface area (Å²) >= 11 is 6.95. The van der Waals surface area contributed by atoms with Gasteiger partial charge in [-0.2, -0.15) is 5.26 Å². The third-order valence-corrected chi connectivity index (χ3v) is 9.30. The Labute approximate surface area is 237 Å². The first-order chi connectivity index (χ1) is 18.8. The van der Waals surface area contributed by atoms with Gasteiger partial charge in [-0.1, -0.05) is 43.2 Å². The highest BCUT2D eigenvalue weighted by Crippen LogP contribution is 2.39. The van der Waals surface area contributed by atoms with Gasteiger partial charge >= 0.3 is 0 Å². The van der Waals surface area contributed by atoms with Crippen LogP contribution in [-0.2, 0) is 11.3 Å². The van der Waals surface area contributed by atoms with E-state index in [0.29, 0.717) is 53.1 Å². The second-order valence-corrected chi connectivity index (χ2v) is 11.9. The van der Waals surface area contributed by atoms with Crippen LogP contribution in [0.5, 0.6) is 0 Å². The van der Waals surface area contributed by atoms with Crippen LogP contribution in [0.15, 0.2) is 34.0 Å². The Morgan fingerprint density at radius 2 is 1.72 bits per heavy atom. The summed E-state index contributed by atoms with van der Waals surface area (Å²) < 4.78 is 15.7. The predicted molar refractivity (Wildman–Crippen MR) is 159 cm³/mol. The van der Waals surface area contributed by atoms with Gasteiger partial charge < -0.3 is 9.80 Å². The van der Waals surface area contributed by atoms with Crippen molar-refractivity contribution in [3.05, 3.63) is 62.0 Å². The zero-order valence-electron chi connectivity index (χ0n) is 22.3. The molecular formula is C29H32FN5O2S2. The molecule has 3 heterocycles. The molecule has 1 saturated carbocycles. The standard InChI is InChI=1S/C29H32FN5O2S2/c1-3-34-26(33-15-13-32(14-16-33)21-11-9-20(30)10-12-21)23(19(2)24(18-31)27(34)36)17-25-28(37)35(29(38)39-25)22-7-5-4-6-8-22/h9-12,17,22H,3-8,13-16H2,1-2H3/b25-17-. The number of anilines is 2. The second kappa shape index (κ2) is 11.5. The Morgan fingerprint density at radius 1 is 1.08 bits per heavy atom. The number of carbonyl (C=O) groups excluding carboxylic acids is 1. The van der Waals surface area contributed by atoms with E-state index in [9.17, 15) is 19.2 Å². The number of thioether (sulfide) groups is 1. The Balaban J connectivity index is 1.52. The molecule has 1 aliphatic carbocycles. The molecule has 2 aliphatic heterocycles. The fourth-order valence-electron chi connectivity index (χ4n) is 5.87. The number of aromatic nitrogens is 1. The summed E-state index contributed by atoms with van der Waals surface area (Å²) in [4.78, 5) is 33.6. The molecular weight excluding hydrogens is 533 g/mol. The lowest BCUT2D eigenvalue weighted by Crippen LogP contribution is -2.48. The number of halogens is 1. The van der Waals surface area contributed by atoms with Crippen LogP contribution in [0.3, 0.4) is 0 Å². The summed E-state index contributed by atoms with van der Waals surface area (Å²) in [6.45, 7) is 6.70. The molecule has 0 bridgehead atoms. The molecule has 1 aromatic carbocycles. The first-order valence-corrected chi connectivity index (χ1v) is 14.8. The Hall–Kier alpha value is -3.16. The molecule has 5 rings (SSSR count). The van der Waals surface area contributed by atoms with E-state index in [1.54, 1.807) is 28.5 Å². The Kier molecular flexibility index (Phi) is 8.10. The van der Waals surface area contributed by atoms with Gasteiger partial charge in [-0.05, 0) is 62.6 Å². The molecule has 3 fully saturated rings. The maximum Gasteiger partial charge on any atom is 0.270 e. The smallest absolute Gasteiger partial charge is 0.270 e. The van der Waals surface area contributed by atoms with E-state index in [1.165, 1.54) is 30.3 Å². The normalized spacial score (nSPS) is 19.7. The minimum absolute atomic E-state index is 0.0869. The summed E-state index contributed by atoms with van der Waals surface area (Å²) in [7, 11) is 0. The summed E-state index contributed by atoms with van der Waals surface area (Å²) in [5.41, 5.74) is 2.02. The molecule has 0 N–H and O–H groups in total. The molecule has 0 radical (unpaired) electrons. The Bertz CT molecular complexity index is 1420. The number of pyridine rings is 1. The number of hydrogen-bond acceptors (Lipinski definition) is 7. The van der Waals surface area contributed by atoms with E-state index in [4.69, 9.17) is 12.2 Å². The molecule has 3 aliphatic rings. The maximum absolute atomic E-state index is 13.6. The van der Waals surface area contributed by atoms with Crippen LogP contribution in [-0.4, -0.2) is 51.9 Å². The number of amides is 1. The highest BCUT2D eigenvalue weighted by Gasteiger charge is 2.38. The van der Waals surface area contributed by atoms with E-state index in [0.717, 1.165) is 37.2 Å². The Morgan fingerprint density at radius 3 is 2.33 bits per heavy atom. The second-order valence-electron chi connectivity index (χ2n) is 10.2. The topological polar surface area (TPSA) is 72.6 Å². The van der Waals surface area contributed by atoms with Crippen molar-refractivity contribution in [3.8, 4) is 6.07 Å². The van der Waals surface area contributed by atoms with Crippen molar-refractivity contribution in [3.63, 3.8) is 0 Å². The van der Waals surface area contributed by atoms with Crippen LogP contribution in [0.1, 0.15) is 55.7 Å². The van der Waals surface area contributed by atoms with E-state index in [1.807, 2.05) is 13.0 Å². The highest BCUT2D eigenvalue weighted by atomic mass is 32.2. The summed E-state index contributed by atoms with van der Waals surface area (Å²) in [5, 5.41) is 9.86. The van der Waals surface area contributed by atoms with E-state index >= 15 is 0 Å². The molecule has 2 saturated heterocycles. The van der Waals surface area contributed by atoms with E-state index in [-0.39, 0.29) is 28.9 Å². The summed E-state index contributed by atoms with van der Waals surface area (Å²) in [5.74, 6) is 0.368. The monoisotopic (exact) mass is 565 g/mol. The van der Waals surface area contributed by atoms with Crippen LogP contribution >= 0.6 is 24.0 Å². The van der Waals surface area contributed by atoms with E-state index in [2.05, 4.69) is 15.9 Å². The number of benzene rings is 1. The average Bonchev–Trinajstić information content (AvgIpc) is 3.23. The molecule has 204 valence electrons. The van der Waals surface area contributed by atoms with Gasteiger partial charge in [0.25, 0.3) is 11.5 Å².